The van der Waals surface area contributed by atoms with Crippen LogP contribution in [-0.4, -0.2) is 28.0 Å². The first-order valence-corrected chi connectivity index (χ1v) is 10.6. The van der Waals surface area contributed by atoms with E-state index in [1.165, 1.54) is 18.2 Å². The van der Waals surface area contributed by atoms with Gasteiger partial charge in [-0.2, -0.15) is 0 Å². The highest BCUT2D eigenvalue weighted by molar-refractivity contribution is 14.0. The molecule has 28 heavy (non-hydrogen) atoms. The van der Waals surface area contributed by atoms with Crippen molar-refractivity contribution in [2.45, 2.75) is 32.7 Å². The van der Waals surface area contributed by atoms with Crippen LogP contribution in [0.15, 0.2) is 53.5 Å². The van der Waals surface area contributed by atoms with Crippen LogP contribution in [0.1, 0.15) is 29.2 Å². The lowest BCUT2D eigenvalue weighted by Crippen LogP contribution is -2.36. The van der Waals surface area contributed by atoms with Crippen molar-refractivity contribution in [1.29, 1.82) is 0 Å². The van der Waals surface area contributed by atoms with Gasteiger partial charge in [0.2, 0.25) is 10.0 Å². The van der Waals surface area contributed by atoms with E-state index in [9.17, 15) is 8.42 Å². The molecule has 0 saturated carbocycles. The second kappa shape index (κ2) is 12.0. The number of hydrogen-bond donors (Lipinski definition) is 3. The molecular weight excluding hydrogens is 487 g/mol. The monoisotopic (exact) mass is 516 g/mol. The van der Waals surface area contributed by atoms with Crippen molar-refractivity contribution < 1.29 is 8.42 Å². The summed E-state index contributed by atoms with van der Waals surface area (Å²) in [6, 6.07) is 15.9. The molecule has 0 unspecified atom stereocenters. The Kier molecular flexibility index (Phi) is 10.5. The zero-order valence-corrected chi connectivity index (χ0v) is 19.7. The molecule has 8 heteroatoms. The van der Waals surface area contributed by atoms with E-state index in [1.807, 2.05) is 31.2 Å². The third-order valence-corrected chi connectivity index (χ3v) is 5.34. The van der Waals surface area contributed by atoms with Gasteiger partial charge in [0, 0.05) is 13.1 Å². The smallest absolute Gasteiger partial charge is 0.215 e. The fourth-order valence-electron chi connectivity index (χ4n) is 2.51. The topological polar surface area (TPSA) is 82.6 Å². The van der Waals surface area contributed by atoms with Gasteiger partial charge in [-0.05, 0) is 37.6 Å². The molecule has 0 aliphatic carbocycles. The highest BCUT2D eigenvalue weighted by Crippen LogP contribution is 2.10. The second-order valence-corrected chi connectivity index (χ2v) is 8.24. The predicted molar refractivity (Wildman–Crippen MR) is 126 cm³/mol. The fraction of sp³-hybridized carbons (Fsp3) is 0.350. The van der Waals surface area contributed by atoms with Gasteiger partial charge in [0.15, 0.2) is 5.96 Å². The number of aliphatic imine (C=N–C) groups is 1. The lowest BCUT2D eigenvalue weighted by Gasteiger charge is -2.12. The van der Waals surface area contributed by atoms with Crippen molar-refractivity contribution >= 4 is 40.0 Å². The third kappa shape index (κ3) is 8.57. The highest BCUT2D eigenvalue weighted by atomic mass is 127. The zero-order valence-electron chi connectivity index (χ0n) is 16.5. The Morgan fingerprint density at radius 1 is 1.00 bits per heavy atom. The predicted octanol–water partition coefficient (Wildman–Crippen LogP) is 2.92. The highest BCUT2D eigenvalue weighted by Gasteiger charge is 2.08. The number of aryl methyl sites for hydroxylation is 1. The minimum absolute atomic E-state index is 0. The molecule has 2 aromatic rings. The van der Waals surface area contributed by atoms with Crippen molar-refractivity contribution in [3.63, 3.8) is 0 Å². The standard InChI is InChI=1S/C20H28N4O2S.HI/c1-4-22-20(23-13-17-10-8-16(2)9-11-17)24-14-18-6-5-7-19(12-18)15-27(25,26)21-3;/h5-12,21H,4,13-15H2,1-3H3,(H2,22,23,24);1H. The van der Waals surface area contributed by atoms with Crippen molar-refractivity contribution in [2.75, 3.05) is 13.6 Å². The summed E-state index contributed by atoms with van der Waals surface area (Å²) < 4.78 is 25.8. The van der Waals surface area contributed by atoms with E-state index < -0.39 is 10.0 Å². The van der Waals surface area contributed by atoms with Gasteiger partial charge in [-0.3, -0.25) is 0 Å². The van der Waals surface area contributed by atoms with Crippen LogP contribution < -0.4 is 15.4 Å². The quantitative estimate of drug-likeness (QED) is 0.286. The summed E-state index contributed by atoms with van der Waals surface area (Å²) in [5.74, 6) is 0.693. The minimum Gasteiger partial charge on any atom is -0.357 e. The van der Waals surface area contributed by atoms with Gasteiger partial charge < -0.3 is 10.6 Å². The molecule has 0 bridgehead atoms. The zero-order chi connectivity index (χ0) is 19.7. The summed E-state index contributed by atoms with van der Waals surface area (Å²) >= 11 is 0. The second-order valence-electron chi connectivity index (χ2n) is 6.32. The first-order valence-electron chi connectivity index (χ1n) is 8.98. The van der Waals surface area contributed by atoms with Gasteiger partial charge in [0.05, 0.1) is 12.3 Å². The molecule has 0 saturated heterocycles. The van der Waals surface area contributed by atoms with Crippen molar-refractivity contribution in [1.82, 2.24) is 15.4 Å². The molecule has 0 aliphatic rings. The van der Waals surface area contributed by atoms with Crippen LogP contribution in [0, 0.1) is 6.92 Å². The molecule has 0 radical (unpaired) electrons. The van der Waals surface area contributed by atoms with E-state index in [-0.39, 0.29) is 29.7 Å². The first kappa shape index (κ1) is 24.4. The molecular formula is C20H29IN4O2S. The normalized spacial score (nSPS) is 11.6. The Morgan fingerprint density at radius 3 is 2.32 bits per heavy atom. The van der Waals surface area contributed by atoms with Crippen LogP contribution in [0.25, 0.3) is 0 Å². The van der Waals surface area contributed by atoms with Gasteiger partial charge in [-0.15, -0.1) is 24.0 Å². The summed E-state index contributed by atoms with van der Waals surface area (Å²) in [5, 5.41) is 6.55. The van der Waals surface area contributed by atoms with Gasteiger partial charge in [-0.1, -0.05) is 54.1 Å². The summed E-state index contributed by atoms with van der Waals surface area (Å²) in [7, 11) is -1.86. The molecule has 0 aromatic heterocycles. The van der Waals surface area contributed by atoms with Crippen LogP contribution in [0.3, 0.4) is 0 Å². The van der Waals surface area contributed by atoms with Crippen LogP contribution >= 0.6 is 24.0 Å². The van der Waals surface area contributed by atoms with E-state index in [0.29, 0.717) is 13.1 Å². The number of sulfonamides is 1. The van der Waals surface area contributed by atoms with E-state index in [2.05, 4.69) is 51.5 Å². The summed E-state index contributed by atoms with van der Waals surface area (Å²) in [5.41, 5.74) is 4.13. The maximum Gasteiger partial charge on any atom is 0.215 e. The molecule has 6 nitrogen and oxygen atoms in total. The largest absolute Gasteiger partial charge is 0.357 e. The van der Waals surface area contributed by atoms with E-state index >= 15 is 0 Å². The van der Waals surface area contributed by atoms with Crippen LogP contribution in [0.4, 0.5) is 0 Å². The van der Waals surface area contributed by atoms with E-state index in [0.717, 1.165) is 23.6 Å². The minimum atomic E-state index is -3.28. The molecule has 0 fully saturated rings. The van der Waals surface area contributed by atoms with Crippen LogP contribution in [0.2, 0.25) is 0 Å². The van der Waals surface area contributed by atoms with E-state index in [4.69, 9.17) is 0 Å². The Balaban J connectivity index is 0.00000392. The summed E-state index contributed by atoms with van der Waals surface area (Å²) in [6.07, 6.45) is 0. The third-order valence-electron chi connectivity index (χ3n) is 4.00. The van der Waals surface area contributed by atoms with Crippen molar-refractivity contribution in [3.8, 4) is 0 Å². The molecule has 2 aromatic carbocycles. The number of nitrogens with zero attached hydrogens (tertiary/aromatic N) is 1. The Bertz CT molecular complexity index is 868. The van der Waals surface area contributed by atoms with Crippen molar-refractivity contribution in [3.05, 3.63) is 70.8 Å². The summed E-state index contributed by atoms with van der Waals surface area (Å²) in [4.78, 5) is 4.60. The van der Waals surface area contributed by atoms with Gasteiger partial charge in [0.25, 0.3) is 0 Å². The molecule has 0 spiro atoms. The SMILES string of the molecule is CCNC(=NCc1cccc(CS(=O)(=O)NC)c1)NCc1ccc(C)cc1.I. The summed E-state index contributed by atoms with van der Waals surface area (Å²) in [6.45, 7) is 6.01. The molecule has 2 rings (SSSR count). The molecule has 0 amide bonds. The lowest BCUT2D eigenvalue weighted by atomic mass is 10.1. The van der Waals surface area contributed by atoms with Crippen LogP contribution in [0.5, 0.6) is 0 Å². The molecule has 0 aliphatic heterocycles. The number of rotatable bonds is 8. The maximum atomic E-state index is 11.7. The first-order chi connectivity index (χ1) is 12.9. The molecule has 3 N–H and O–H groups in total. The van der Waals surface area contributed by atoms with Gasteiger partial charge in [0.1, 0.15) is 0 Å². The average molecular weight is 516 g/mol. The lowest BCUT2D eigenvalue weighted by molar-refractivity contribution is 0.587. The van der Waals surface area contributed by atoms with Gasteiger partial charge in [-0.25, -0.2) is 18.1 Å². The fourth-order valence-corrected chi connectivity index (χ4v) is 3.28. The number of hydrogen-bond acceptors (Lipinski definition) is 3. The van der Waals surface area contributed by atoms with E-state index in [1.54, 1.807) is 0 Å². The van der Waals surface area contributed by atoms with Crippen molar-refractivity contribution in [2.24, 2.45) is 4.99 Å². The number of nitrogens with one attached hydrogen (secondary N) is 3. The number of benzene rings is 2. The number of guanidine groups is 1. The molecule has 0 atom stereocenters. The molecule has 0 heterocycles. The maximum absolute atomic E-state index is 11.7. The van der Waals surface area contributed by atoms with Crippen LogP contribution in [-0.2, 0) is 28.9 Å². The Hall–Kier alpha value is -1.65. The van der Waals surface area contributed by atoms with Gasteiger partial charge >= 0.3 is 0 Å². The Labute approximate surface area is 185 Å². The number of halogens is 1. The molecule has 154 valence electrons. The average Bonchev–Trinajstić information content (AvgIpc) is 2.65. The Morgan fingerprint density at radius 2 is 1.68 bits per heavy atom.